The minimum Gasteiger partial charge on any atom is -0.378 e. The van der Waals surface area contributed by atoms with Crippen LogP contribution < -0.4 is 11.1 Å². The zero-order chi connectivity index (χ0) is 13.0. The second-order valence-corrected chi connectivity index (χ2v) is 5.64. The largest absolute Gasteiger partial charge is 0.378 e. The number of hydrogen-bond acceptors (Lipinski definition) is 3. The van der Waals surface area contributed by atoms with Gasteiger partial charge < -0.3 is 15.8 Å². The van der Waals surface area contributed by atoms with Gasteiger partial charge >= 0.3 is 0 Å². The summed E-state index contributed by atoms with van der Waals surface area (Å²) in [5.41, 5.74) is 5.72. The van der Waals surface area contributed by atoms with Crippen molar-refractivity contribution in [2.24, 2.45) is 23.5 Å². The van der Waals surface area contributed by atoms with Gasteiger partial charge in [0.1, 0.15) is 0 Å². The van der Waals surface area contributed by atoms with Crippen LogP contribution in [0.4, 0.5) is 0 Å². The van der Waals surface area contributed by atoms with Crippen molar-refractivity contribution in [3.8, 4) is 0 Å². The summed E-state index contributed by atoms with van der Waals surface area (Å²) < 4.78 is 5.64. The van der Waals surface area contributed by atoms with Crippen molar-refractivity contribution in [2.45, 2.75) is 45.1 Å². The maximum atomic E-state index is 12.2. The smallest absolute Gasteiger partial charge is 0.223 e. The predicted molar refractivity (Wildman–Crippen MR) is 71.0 cm³/mol. The molecule has 2 rings (SSSR count). The molecule has 0 aromatic carbocycles. The van der Waals surface area contributed by atoms with Crippen molar-refractivity contribution in [3.05, 3.63) is 0 Å². The minimum absolute atomic E-state index is 0.150. The molecule has 1 saturated carbocycles. The average molecular weight is 254 g/mol. The molecule has 0 bridgehead atoms. The van der Waals surface area contributed by atoms with E-state index in [0.29, 0.717) is 24.5 Å². The lowest BCUT2D eigenvalue weighted by molar-refractivity contribution is -0.126. The lowest BCUT2D eigenvalue weighted by atomic mass is 9.94. The van der Waals surface area contributed by atoms with Crippen LogP contribution in [-0.2, 0) is 9.53 Å². The molecule has 1 heterocycles. The molecule has 4 atom stereocenters. The first-order valence-corrected chi connectivity index (χ1v) is 7.35. The number of carbonyl (C=O) groups excluding carboxylic acids is 1. The predicted octanol–water partition coefficient (Wildman–Crippen LogP) is 1.29. The fraction of sp³-hybridized carbons (Fsp3) is 0.929. The van der Waals surface area contributed by atoms with E-state index in [1.54, 1.807) is 0 Å². The molecule has 0 radical (unpaired) electrons. The normalized spacial score (nSPS) is 35.9. The molecule has 2 fully saturated rings. The average Bonchev–Trinajstić information content (AvgIpc) is 3.03. The van der Waals surface area contributed by atoms with Crippen molar-refractivity contribution >= 4 is 5.91 Å². The van der Waals surface area contributed by atoms with Crippen molar-refractivity contribution in [1.82, 2.24) is 5.32 Å². The van der Waals surface area contributed by atoms with Crippen molar-refractivity contribution in [2.75, 3.05) is 19.7 Å². The summed E-state index contributed by atoms with van der Waals surface area (Å²) in [6.45, 7) is 4.40. The van der Waals surface area contributed by atoms with Crippen LogP contribution in [0.15, 0.2) is 0 Å². The molecule has 2 aliphatic rings. The second-order valence-electron chi connectivity index (χ2n) is 5.64. The van der Waals surface area contributed by atoms with Crippen LogP contribution in [0.2, 0.25) is 0 Å². The van der Waals surface area contributed by atoms with E-state index >= 15 is 0 Å². The van der Waals surface area contributed by atoms with Gasteiger partial charge in [0.15, 0.2) is 0 Å². The summed E-state index contributed by atoms with van der Waals surface area (Å²) in [5, 5.41) is 3.12. The lowest BCUT2D eigenvalue weighted by Gasteiger charge is -2.21. The van der Waals surface area contributed by atoms with Gasteiger partial charge in [0, 0.05) is 25.0 Å². The SMILES string of the molecule is CCC1OCCC1CNC(=O)C1CCCC1CN. The summed E-state index contributed by atoms with van der Waals surface area (Å²) in [5.74, 6) is 1.26. The Hall–Kier alpha value is -0.610. The number of rotatable bonds is 5. The van der Waals surface area contributed by atoms with E-state index in [4.69, 9.17) is 10.5 Å². The van der Waals surface area contributed by atoms with Gasteiger partial charge in [0.25, 0.3) is 0 Å². The maximum absolute atomic E-state index is 12.2. The third-order valence-electron chi connectivity index (χ3n) is 4.59. The quantitative estimate of drug-likeness (QED) is 0.777. The molecule has 104 valence electrons. The molecule has 0 aromatic heterocycles. The molecule has 0 spiro atoms. The van der Waals surface area contributed by atoms with Crippen LogP contribution in [0.3, 0.4) is 0 Å². The minimum atomic E-state index is 0.150. The first-order chi connectivity index (χ1) is 8.76. The maximum Gasteiger partial charge on any atom is 0.223 e. The summed E-state index contributed by atoms with van der Waals surface area (Å²) in [6.07, 6.45) is 5.70. The Morgan fingerprint density at radius 2 is 2.17 bits per heavy atom. The molecule has 1 aliphatic carbocycles. The third kappa shape index (κ3) is 3.04. The van der Waals surface area contributed by atoms with Gasteiger partial charge in [0.2, 0.25) is 5.91 Å². The first-order valence-electron chi connectivity index (χ1n) is 7.35. The molecule has 4 heteroatoms. The van der Waals surface area contributed by atoms with Crippen LogP contribution in [0, 0.1) is 17.8 Å². The number of ether oxygens (including phenoxy) is 1. The van der Waals surface area contributed by atoms with Gasteiger partial charge in [-0.25, -0.2) is 0 Å². The van der Waals surface area contributed by atoms with E-state index in [9.17, 15) is 4.79 Å². The van der Waals surface area contributed by atoms with Crippen LogP contribution in [0.1, 0.15) is 39.0 Å². The van der Waals surface area contributed by atoms with Gasteiger partial charge in [-0.2, -0.15) is 0 Å². The van der Waals surface area contributed by atoms with Gasteiger partial charge in [-0.15, -0.1) is 0 Å². The fourth-order valence-corrected chi connectivity index (χ4v) is 3.40. The number of carbonyl (C=O) groups is 1. The standard InChI is InChI=1S/C14H26N2O2/c1-2-13-11(6-7-18-13)9-16-14(17)12-5-3-4-10(12)8-15/h10-13H,2-9,15H2,1H3,(H,16,17). The molecule has 1 amide bonds. The molecular formula is C14H26N2O2. The second kappa shape index (κ2) is 6.53. The molecule has 1 aliphatic heterocycles. The molecule has 4 unspecified atom stereocenters. The van der Waals surface area contributed by atoms with Gasteiger partial charge in [0.05, 0.1) is 6.10 Å². The highest BCUT2D eigenvalue weighted by atomic mass is 16.5. The Bertz CT molecular complexity index is 283. The van der Waals surface area contributed by atoms with Crippen molar-refractivity contribution < 1.29 is 9.53 Å². The molecule has 18 heavy (non-hydrogen) atoms. The van der Waals surface area contributed by atoms with E-state index in [2.05, 4.69) is 12.2 Å². The highest BCUT2D eigenvalue weighted by Crippen LogP contribution is 2.31. The molecular weight excluding hydrogens is 228 g/mol. The monoisotopic (exact) mass is 254 g/mol. The third-order valence-corrected chi connectivity index (χ3v) is 4.59. The van der Waals surface area contributed by atoms with Crippen LogP contribution in [0.25, 0.3) is 0 Å². The topological polar surface area (TPSA) is 64.3 Å². The Kier molecular flexibility index (Phi) is 5.01. The van der Waals surface area contributed by atoms with E-state index < -0.39 is 0 Å². The lowest BCUT2D eigenvalue weighted by Crippen LogP contribution is -2.39. The number of amides is 1. The van der Waals surface area contributed by atoms with E-state index in [-0.39, 0.29) is 11.8 Å². The Balaban J connectivity index is 1.77. The molecule has 3 N–H and O–H groups in total. The summed E-state index contributed by atoms with van der Waals surface area (Å²) in [7, 11) is 0. The number of hydrogen-bond donors (Lipinski definition) is 2. The van der Waals surface area contributed by atoms with E-state index in [1.807, 2.05) is 0 Å². The number of nitrogens with two attached hydrogens (primary N) is 1. The molecule has 0 aromatic rings. The summed E-state index contributed by atoms with van der Waals surface area (Å²) >= 11 is 0. The van der Waals surface area contributed by atoms with Crippen LogP contribution in [-0.4, -0.2) is 31.7 Å². The van der Waals surface area contributed by atoms with E-state index in [0.717, 1.165) is 45.3 Å². The Morgan fingerprint density at radius 3 is 2.89 bits per heavy atom. The summed E-state index contributed by atoms with van der Waals surface area (Å²) in [4.78, 5) is 12.2. The highest BCUT2D eigenvalue weighted by Gasteiger charge is 2.33. The fourth-order valence-electron chi connectivity index (χ4n) is 3.40. The molecule has 1 saturated heterocycles. The molecule has 4 nitrogen and oxygen atoms in total. The zero-order valence-electron chi connectivity index (χ0n) is 11.4. The van der Waals surface area contributed by atoms with Crippen molar-refractivity contribution in [1.29, 1.82) is 0 Å². The zero-order valence-corrected chi connectivity index (χ0v) is 11.4. The van der Waals surface area contributed by atoms with Crippen LogP contribution in [0.5, 0.6) is 0 Å². The van der Waals surface area contributed by atoms with Crippen molar-refractivity contribution in [3.63, 3.8) is 0 Å². The summed E-state index contributed by atoms with van der Waals surface area (Å²) in [6, 6.07) is 0. The van der Waals surface area contributed by atoms with Crippen LogP contribution >= 0.6 is 0 Å². The van der Waals surface area contributed by atoms with Gasteiger partial charge in [-0.05, 0) is 38.1 Å². The Labute approximate surface area is 110 Å². The Morgan fingerprint density at radius 1 is 1.33 bits per heavy atom. The van der Waals surface area contributed by atoms with Gasteiger partial charge in [-0.1, -0.05) is 13.3 Å². The highest BCUT2D eigenvalue weighted by molar-refractivity contribution is 5.79. The first kappa shape index (κ1) is 13.8. The van der Waals surface area contributed by atoms with E-state index in [1.165, 1.54) is 0 Å². The number of nitrogens with one attached hydrogen (secondary N) is 1. The van der Waals surface area contributed by atoms with Gasteiger partial charge in [-0.3, -0.25) is 4.79 Å².